The summed E-state index contributed by atoms with van der Waals surface area (Å²) in [5, 5.41) is 14.6. The molecule has 3 heterocycles. The van der Waals surface area contributed by atoms with E-state index in [0.29, 0.717) is 11.8 Å². The smallest absolute Gasteiger partial charge is 0.268 e. The van der Waals surface area contributed by atoms with Gasteiger partial charge in [0.15, 0.2) is 5.69 Å². The molecule has 142 valence electrons. The first-order chi connectivity index (χ1) is 13.2. The first-order valence-electron chi connectivity index (χ1n) is 10.2. The minimum atomic E-state index is 0.279. The molecule has 27 heavy (non-hydrogen) atoms. The molecule has 1 aromatic carbocycles. The number of hydrogen-bond acceptors (Lipinski definition) is 5. The molecule has 0 N–H and O–H groups in total. The summed E-state index contributed by atoms with van der Waals surface area (Å²) in [5.41, 5.74) is 1.90. The van der Waals surface area contributed by atoms with Gasteiger partial charge in [-0.2, -0.15) is 5.10 Å². The van der Waals surface area contributed by atoms with Crippen molar-refractivity contribution in [1.82, 2.24) is 24.9 Å². The van der Waals surface area contributed by atoms with Gasteiger partial charge < -0.3 is 9.32 Å². The minimum absolute atomic E-state index is 0.279. The van der Waals surface area contributed by atoms with Gasteiger partial charge in [-0.05, 0) is 64.6 Å². The van der Waals surface area contributed by atoms with Gasteiger partial charge >= 0.3 is 0 Å². The molecule has 0 bridgehead atoms. The van der Waals surface area contributed by atoms with Crippen LogP contribution >= 0.6 is 0 Å². The Labute approximate surface area is 159 Å². The van der Waals surface area contributed by atoms with Gasteiger partial charge in [-0.25, -0.2) is 0 Å². The normalized spacial score (nSPS) is 19.4. The topological polar surface area (TPSA) is 60.0 Å². The third-order valence-electron chi connectivity index (χ3n) is 5.90. The van der Waals surface area contributed by atoms with E-state index in [1.807, 2.05) is 16.8 Å². The van der Waals surface area contributed by atoms with Gasteiger partial charge in [-0.3, -0.25) is 4.68 Å². The van der Waals surface area contributed by atoms with Crippen LogP contribution in [0.25, 0.3) is 22.5 Å². The number of rotatable bonds is 5. The zero-order valence-electron chi connectivity index (χ0n) is 16.1. The number of para-hydroxylation sites is 1. The molecule has 2 aliphatic rings. The van der Waals surface area contributed by atoms with Crippen molar-refractivity contribution in [1.29, 1.82) is 0 Å². The second-order valence-electron chi connectivity index (χ2n) is 8.37. The largest absolute Gasteiger partial charge is 0.419 e. The van der Waals surface area contributed by atoms with Crippen LogP contribution in [0.3, 0.4) is 0 Å². The highest BCUT2D eigenvalue weighted by molar-refractivity contribution is 5.91. The fraction of sp³-hybridized carbons (Fsp3) is 0.571. The minimum Gasteiger partial charge on any atom is -0.419 e. The maximum Gasteiger partial charge on any atom is 0.268 e. The highest BCUT2D eigenvalue weighted by Crippen LogP contribution is 2.34. The van der Waals surface area contributed by atoms with Crippen molar-refractivity contribution < 1.29 is 4.42 Å². The van der Waals surface area contributed by atoms with E-state index in [1.54, 1.807) is 0 Å². The maximum absolute atomic E-state index is 6.12. The lowest BCUT2D eigenvalue weighted by atomic mass is 9.96. The summed E-state index contributed by atoms with van der Waals surface area (Å²) in [7, 11) is 0. The first-order valence-corrected chi connectivity index (χ1v) is 10.2. The summed E-state index contributed by atoms with van der Waals surface area (Å²) in [6.07, 6.45) is 5.05. The predicted octanol–water partition coefficient (Wildman–Crippen LogP) is 4.26. The van der Waals surface area contributed by atoms with Crippen LogP contribution in [0.2, 0.25) is 0 Å². The third kappa shape index (κ3) is 3.27. The molecule has 1 saturated heterocycles. The Hall–Kier alpha value is -2.21. The fourth-order valence-electron chi connectivity index (χ4n) is 4.16. The van der Waals surface area contributed by atoms with Crippen LogP contribution in [-0.4, -0.2) is 44.5 Å². The average Bonchev–Trinajstić information content (AvgIpc) is 3.21. The van der Waals surface area contributed by atoms with Crippen LogP contribution in [0.15, 0.2) is 28.7 Å². The Morgan fingerprint density at radius 1 is 1.07 bits per heavy atom. The average molecular weight is 365 g/mol. The molecular weight excluding hydrogens is 338 g/mol. The van der Waals surface area contributed by atoms with Crippen molar-refractivity contribution in [3.63, 3.8) is 0 Å². The van der Waals surface area contributed by atoms with E-state index in [9.17, 15) is 0 Å². The number of hydrogen-bond donors (Lipinski definition) is 0. The van der Waals surface area contributed by atoms with Gasteiger partial charge in [0, 0.05) is 23.9 Å². The molecular formula is C21H27N5O. The Morgan fingerprint density at radius 2 is 1.85 bits per heavy atom. The molecule has 3 aromatic rings. The van der Waals surface area contributed by atoms with Crippen LogP contribution in [0.4, 0.5) is 0 Å². The maximum atomic E-state index is 6.12. The molecule has 6 nitrogen and oxygen atoms in total. The molecule has 1 aliphatic heterocycles. The van der Waals surface area contributed by atoms with Crippen LogP contribution < -0.4 is 0 Å². The van der Waals surface area contributed by atoms with E-state index in [4.69, 9.17) is 9.52 Å². The van der Waals surface area contributed by atoms with Crippen LogP contribution in [0, 0.1) is 5.92 Å². The van der Waals surface area contributed by atoms with Crippen molar-refractivity contribution in [2.45, 2.75) is 51.5 Å². The van der Waals surface area contributed by atoms with E-state index in [2.05, 4.69) is 41.1 Å². The lowest BCUT2D eigenvalue weighted by molar-refractivity contribution is 0.193. The molecule has 6 heteroatoms. The Morgan fingerprint density at radius 3 is 2.59 bits per heavy atom. The second kappa shape index (κ2) is 6.75. The molecule has 2 fully saturated rings. The van der Waals surface area contributed by atoms with E-state index in [0.717, 1.165) is 54.3 Å². The molecule has 0 unspecified atom stereocenters. The van der Waals surface area contributed by atoms with Crippen molar-refractivity contribution >= 4 is 10.9 Å². The molecule has 0 amide bonds. The third-order valence-corrected chi connectivity index (χ3v) is 5.90. The van der Waals surface area contributed by atoms with Crippen LogP contribution in [0.1, 0.15) is 57.4 Å². The number of aromatic nitrogens is 4. The number of piperidine rings is 1. The van der Waals surface area contributed by atoms with Gasteiger partial charge in [-0.15, -0.1) is 10.2 Å². The van der Waals surface area contributed by atoms with Gasteiger partial charge in [0.2, 0.25) is 5.89 Å². The summed E-state index contributed by atoms with van der Waals surface area (Å²) >= 11 is 0. The quantitative estimate of drug-likeness (QED) is 0.676. The summed E-state index contributed by atoms with van der Waals surface area (Å²) < 4.78 is 8.16. The summed E-state index contributed by atoms with van der Waals surface area (Å²) in [4.78, 5) is 2.60. The number of likely N-dealkylation sites (tertiary alicyclic amines) is 1. The summed E-state index contributed by atoms with van der Waals surface area (Å²) in [6.45, 7) is 7.84. The van der Waals surface area contributed by atoms with E-state index >= 15 is 0 Å². The highest BCUT2D eigenvalue weighted by Gasteiger charge is 2.30. The second-order valence-corrected chi connectivity index (χ2v) is 8.37. The molecule has 1 saturated carbocycles. The Balaban J connectivity index is 1.37. The summed E-state index contributed by atoms with van der Waals surface area (Å²) in [6, 6.07) is 8.53. The van der Waals surface area contributed by atoms with Gasteiger partial charge in [0.25, 0.3) is 5.89 Å². The standard InChI is InChI=1S/C21H27N5O/c1-14(2)26-18-6-4-3-5-17(18)19(24-26)21-23-22-20(27-21)16-9-11-25(12-10-16)13-15-7-8-15/h3-6,14-16H,7-13H2,1-2H3. The number of nitrogens with zero attached hydrogens (tertiary/aromatic N) is 5. The molecule has 0 spiro atoms. The van der Waals surface area contributed by atoms with Gasteiger partial charge in [0.1, 0.15) is 0 Å². The van der Waals surface area contributed by atoms with E-state index in [1.165, 1.54) is 19.4 Å². The van der Waals surface area contributed by atoms with E-state index < -0.39 is 0 Å². The molecule has 5 rings (SSSR count). The lowest BCUT2D eigenvalue weighted by Gasteiger charge is -2.30. The molecule has 1 aliphatic carbocycles. The lowest BCUT2D eigenvalue weighted by Crippen LogP contribution is -2.34. The fourth-order valence-corrected chi connectivity index (χ4v) is 4.16. The zero-order chi connectivity index (χ0) is 18.4. The van der Waals surface area contributed by atoms with Crippen LogP contribution in [0.5, 0.6) is 0 Å². The van der Waals surface area contributed by atoms with Crippen molar-refractivity contribution in [2.24, 2.45) is 5.92 Å². The Bertz CT molecular complexity index is 931. The molecule has 0 atom stereocenters. The Kier molecular flexibility index (Phi) is 4.23. The van der Waals surface area contributed by atoms with Gasteiger partial charge in [-0.1, -0.05) is 18.2 Å². The van der Waals surface area contributed by atoms with Crippen molar-refractivity contribution in [2.75, 3.05) is 19.6 Å². The monoisotopic (exact) mass is 365 g/mol. The summed E-state index contributed by atoms with van der Waals surface area (Å²) in [5.74, 6) is 2.65. The molecule has 2 aromatic heterocycles. The van der Waals surface area contributed by atoms with Crippen molar-refractivity contribution in [3.05, 3.63) is 30.2 Å². The zero-order valence-corrected chi connectivity index (χ0v) is 16.1. The number of benzene rings is 1. The van der Waals surface area contributed by atoms with Crippen molar-refractivity contribution in [3.8, 4) is 11.6 Å². The van der Waals surface area contributed by atoms with Crippen LogP contribution in [-0.2, 0) is 0 Å². The highest BCUT2D eigenvalue weighted by atomic mass is 16.4. The number of fused-ring (bicyclic) bond motifs is 1. The first kappa shape index (κ1) is 16.9. The SMILES string of the molecule is CC(C)n1nc(-c2nnc(C3CCN(CC4CC4)CC3)o2)c2ccccc21. The van der Waals surface area contributed by atoms with Gasteiger partial charge in [0.05, 0.1) is 5.52 Å². The molecule has 0 radical (unpaired) electrons. The van der Waals surface area contributed by atoms with E-state index in [-0.39, 0.29) is 6.04 Å². The predicted molar refractivity (Wildman–Crippen MR) is 105 cm³/mol.